The maximum atomic E-state index is 4.80. The zero-order chi connectivity index (χ0) is 13.1. The maximum absolute atomic E-state index is 4.80. The van der Waals surface area contributed by atoms with Gasteiger partial charge in [0.05, 0.1) is 6.04 Å². The Kier molecular flexibility index (Phi) is 3.56. The van der Waals surface area contributed by atoms with Crippen LogP contribution in [0.1, 0.15) is 23.2 Å². The van der Waals surface area contributed by atoms with E-state index in [-0.39, 0.29) is 12.1 Å². The van der Waals surface area contributed by atoms with Crippen molar-refractivity contribution in [1.82, 2.24) is 5.32 Å². The Balaban J connectivity index is 1.96. The summed E-state index contributed by atoms with van der Waals surface area (Å²) in [5, 5.41) is 4.53. The van der Waals surface area contributed by atoms with Crippen molar-refractivity contribution in [3.63, 3.8) is 0 Å². The van der Waals surface area contributed by atoms with Crippen LogP contribution in [0.15, 0.2) is 65.7 Å². The molecule has 3 heteroatoms. The van der Waals surface area contributed by atoms with Crippen LogP contribution in [0.3, 0.4) is 0 Å². The molecule has 1 heterocycles. The van der Waals surface area contributed by atoms with Gasteiger partial charge in [-0.15, -0.1) is 0 Å². The molecule has 0 radical (unpaired) electrons. The van der Waals surface area contributed by atoms with E-state index in [1.165, 1.54) is 11.1 Å². The number of aliphatic imine (C=N–C) groups is 1. The fourth-order valence-corrected chi connectivity index (χ4v) is 2.87. The fraction of sp³-hybridized carbons (Fsp3) is 0.188. The van der Waals surface area contributed by atoms with Gasteiger partial charge in [-0.3, -0.25) is 4.99 Å². The van der Waals surface area contributed by atoms with Gasteiger partial charge in [0.1, 0.15) is 6.04 Å². The second kappa shape index (κ2) is 5.49. The number of rotatable bonds is 2. The molecule has 0 bridgehead atoms. The summed E-state index contributed by atoms with van der Waals surface area (Å²) in [6, 6.07) is 21.4. The van der Waals surface area contributed by atoms with Crippen molar-refractivity contribution in [2.45, 2.75) is 12.1 Å². The Morgan fingerprint density at radius 3 is 2.05 bits per heavy atom. The molecule has 0 spiro atoms. The van der Waals surface area contributed by atoms with E-state index >= 15 is 0 Å². The Labute approximate surface area is 118 Å². The van der Waals surface area contributed by atoms with Gasteiger partial charge in [-0.1, -0.05) is 72.4 Å². The normalized spacial score (nSPS) is 21.8. The first-order valence-electron chi connectivity index (χ1n) is 6.36. The van der Waals surface area contributed by atoms with Crippen LogP contribution in [0, 0.1) is 0 Å². The lowest BCUT2D eigenvalue weighted by molar-refractivity contribution is 0.573. The molecule has 2 atom stereocenters. The first kappa shape index (κ1) is 12.3. The smallest absolute Gasteiger partial charge is 0.157 e. The molecule has 19 heavy (non-hydrogen) atoms. The van der Waals surface area contributed by atoms with E-state index in [2.05, 4.69) is 60.1 Å². The predicted octanol–water partition coefficient (Wildman–Crippen LogP) is 3.79. The average Bonchev–Trinajstić information content (AvgIpc) is 2.93. The molecule has 2 aromatic carbocycles. The minimum absolute atomic E-state index is 0.158. The van der Waals surface area contributed by atoms with Gasteiger partial charge in [-0.2, -0.15) is 0 Å². The average molecular weight is 268 g/mol. The van der Waals surface area contributed by atoms with Crippen molar-refractivity contribution >= 4 is 16.9 Å². The molecule has 0 saturated heterocycles. The zero-order valence-electron chi connectivity index (χ0n) is 10.8. The van der Waals surface area contributed by atoms with Gasteiger partial charge < -0.3 is 5.32 Å². The van der Waals surface area contributed by atoms with Crippen molar-refractivity contribution in [2.24, 2.45) is 4.99 Å². The second-order valence-corrected chi connectivity index (χ2v) is 5.32. The maximum Gasteiger partial charge on any atom is 0.157 e. The lowest BCUT2D eigenvalue weighted by Gasteiger charge is -2.19. The van der Waals surface area contributed by atoms with E-state index in [0.717, 1.165) is 5.17 Å². The minimum atomic E-state index is 0.158. The van der Waals surface area contributed by atoms with E-state index in [1.807, 2.05) is 12.1 Å². The van der Waals surface area contributed by atoms with Crippen LogP contribution in [0.4, 0.5) is 0 Å². The standard InChI is InChI=1S/C16H16N2S/c1-19-16-17-14(12-8-4-2-5-9-12)15(18-16)13-10-6-3-7-11-13/h2-11,14-15H,1H3,(H,17,18)/t14-,15-/m0/s1. The van der Waals surface area contributed by atoms with Crippen LogP contribution in [0.2, 0.25) is 0 Å². The Morgan fingerprint density at radius 2 is 1.47 bits per heavy atom. The van der Waals surface area contributed by atoms with Crippen molar-refractivity contribution < 1.29 is 0 Å². The molecule has 0 amide bonds. The molecular formula is C16H16N2S. The van der Waals surface area contributed by atoms with Crippen molar-refractivity contribution in [3.8, 4) is 0 Å². The monoisotopic (exact) mass is 268 g/mol. The van der Waals surface area contributed by atoms with Gasteiger partial charge in [-0.05, 0) is 17.4 Å². The summed E-state index contributed by atoms with van der Waals surface area (Å²) in [4.78, 5) is 4.80. The number of hydrogen-bond donors (Lipinski definition) is 1. The van der Waals surface area contributed by atoms with E-state index < -0.39 is 0 Å². The second-order valence-electron chi connectivity index (χ2n) is 4.53. The lowest BCUT2D eigenvalue weighted by Crippen LogP contribution is -2.22. The highest BCUT2D eigenvalue weighted by molar-refractivity contribution is 8.13. The summed E-state index contributed by atoms with van der Waals surface area (Å²) < 4.78 is 0. The number of benzene rings is 2. The number of hydrogen-bond acceptors (Lipinski definition) is 3. The van der Waals surface area contributed by atoms with Gasteiger partial charge in [0.25, 0.3) is 0 Å². The van der Waals surface area contributed by atoms with Gasteiger partial charge >= 0.3 is 0 Å². The zero-order valence-corrected chi connectivity index (χ0v) is 11.6. The van der Waals surface area contributed by atoms with Crippen LogP contribution in [-0.4, -0.2) is 11.4 Å². The lowest BCUT2D eigenvalue weighted by atomic mass is 9.95. The Morgan fingerprint density at radius 1 is 0.895 bits per heavy atom. The molecule has 96 valence electrons. The Bertz CT molecular complexity index is 566. The van der Waals surface area contributed by atoms with E-state index in [1.54, 1.807) is 11.8 Å². The molecule has 0 aromatic heterocycles. The largest absolute Gasteiger partial charge is 0.356 e. The van der Waals surface area contributed by atoms with Crippen molar-refractivity contribution in [2.75, 3.05) is 6.26 Å². The predicted molar refractivity (Wildman–Crippen MR) is 82.5 cm³/mol. The molecule has 2 aromatic rings. The fourth-order valence-electron chi connectivity index (χ4n) is 2.40. The molecule has 0 aliphatic carbocycles. The van der Waals surface area contributed by atoms with Gasteiger partial charge in [0, 0.05) is 0 Å². The molecular weight excluding hydrogens is 252 g/mol. The van der Waals surface area contributed by atoms with Gasteiger partial charge in [-0.25, -0.2) is 0 Å². The van der Waals surface area contributed by atoms with Crippen LogP contribution in [0.5, 0.6) is 0 Å². The highest BCUT2D eigenvalue weighted by atomic mass is 32.2. The first-order valence-corrected chi connectivity index (χ1v) is 7.59. The molecule has 3 rings (SSSR count). The van der Waals surface area contributed by atoms with Gasteiger partial charge in [0.2, 0.25) is 0 Å². The third-order valence-electron chi connectivity index (χ3n) is 3.34. The summed E-state index contributed by atoms with van der Waals surface area (Å²) in [6.07, 6.45) is 2.06. The number of amidine groups is 1. The summed E-state index contributed by atoms with van der Waals surface area (Å²) in [5.41, 5.74) is 2.54. The molecule has 1 aliphatic heterocycles. The topological polar surface area (TPSA) is 24.4 Å². The summed E-state index contributed by atoms with van der Waals surface area (Å²) in [6.45, 7) is 0. The minimum Gasteiger partial charge on any atom is -0.356 e. The quantitative estimate of drug-likeness (QED) is 0.896. The third kappa shape index (κ3) is 2.51. The van der Waals surface area contributed by atoms with E-state index in [9.17, 15) is 0 Å². The first-order chi connectivity index (χ1) is 9.38. The molecule has 0 saturated carbocycles. The van der Waals surface area contributed by atoms with Gasteiger partial charge in [0.15, 0.2) is 5.17 Å². The highest BCUT2D eigenvalue weighted by Gasteiger charge is 2.30. The number of nitrogens with zero attached hydrogens (tertiary/aromatic N) is 1. The molecule has 1 aliphatic rings. The highest BCUT2D eigenvalue weighted by Crippen LogP contribution is 2.37. The van der Waals surface area contributed by atoms with Crippen LogP contribution < -0.4 is 5.32 Å². The van der Waals surface area contributed by atoms with Crippen molar-refractivity contribution in [3.05, 3.63) is 71.8 Å². The summed E-state index contributed by atoms with van der Waals surface area (Å²) in [5.74, 6) is 0. The van der Waals surface area contributed by atoms with E-state index in [4.69, 9.17) is 4.99 Å². The van der Waals surface area contributed by atoms with Crippen LogP contribution >= 0.6 is 11.8 Å². The van der Waals surface area contributed by atoms with Crippen molar-refractivity contribution in [1.29, 1.82) is 0 Å². The summed E-state index contributed by atoms with van der Waals surface area (Å²) >= 11 is 1.67. The Hall–Kier alpha value is -1.74. The molecule has 0 fully saturated rings. The van der Waals surface area contributed by atoms with Crippen LogP contribution in [-0.2, 0) is 0 Å². The number of thioether (sulfide) groups is 1. The molecule has 1 N–H and O–H groups in total. The number of nitrogens with one attached hydrogen (secondary N) is 1. The van der Waals surface area contributed by atoms with Crippen LogP contribution in [0.25, 0.3) is 0 Å². The SMILES string of the molecule is CSC1=N[C@@H](c2ccccc2)[C@H](c2ccccc2)N1. The summed E-state index contributed by atoms with van der Waals surface area (Å²) in [7, 11) is 0. The molecule has 2 nitrogen and oxygen atoms in total. The van der Waals surface area contributed by atoms with E-state index in [0.29, 0.717) is 0 Å². The molecule has 0 unspecified atom stereocenters. The third-order valence-corrected chi connectivity index (χ3v) is 3.95.